The second-order valence-electron chi connectivity index (χ2n) is 5.22. The molecule has 0 aromatic heterocycles. The highest BCUT2D eigenvalue weighted by molar-refractivity contribution is 5.94. The van der Waals surface area contributed by atoms with E-state index in [2.05, 4.69) is 5.32 Å². The van der Waals surface area contributed by atoms with E-state index < -0.39 is 6.10 Å². The summed E-state index contributed by atoms with van der Waals surface area (Å²) in [5.41, 5.74) is 1.56. The first kappa shape index (κ1) is 16.8. The summed E-state index contributed by atoms with van der Waals surface area (Å²) in [4.78, 5) is 11.8. The molecule has 1 amide bonds. The fourth-order valence-electron chi connectivity index (χ4n) is 1.93. The molecule has 23 heavy (non-hydrogen) atoms. The van der Waals surface area contributed by atoms with E-state index in [-0.39, 0.29) is 12.5 Å². The summed E-state index contributed by atoms with van der Waals surface area (Å²) in [5, 5.41) is 11.8. The van der Waals surface area contributed by atoms with E-state index in [0.29, 0.717) is 17.9 Å². The minimum atomic E-state index is -0.564. The molecule has 0 aliphatic carbocycles. The summed E-state index contributed by atoms with van der Waals surface area (Å²) in [6, 6.07) is 14.5. The Labute approximate surface area is 135 Å². The average molecular weight is 315 g/mol. The molecule has 0 saturated carbocycles. The Morgan fingerprint density at radius 1 is 1.09 bits per heavy atom. The molecule has 0 spiro atoms. The van der Waals surface area contributed by atoms with Gasteiger partial charge in [0.1, 0.15) is 18.1 Å². The van der Waals surface area contributed by atoms with E-state index in [1.807, 2.05) is 24.3 Å². The number of benzene rings is 2. The van der Waals surface area contributed by atoms with Gasteiger partial charge in [0.15, 0.2) is 0 Å². The molecule has 0 radical (unpaired) electrons. The predicted molar refractivity (Wildman–Crippen MR) is 87.8 cm³/mol. The second-order valence-corrected chi connectivity index (χ2v) is 5.22. The third-order valence-corrected chi connectivity index (χ3v) is 3.24. The number of methoxy groups -OCH3 is 1. The largest absolute Gasteiger partial charge is 0.497 e. The zero-order valence-corrected chi connectivity index (χ0v) is 13.3. The van der Waals surface area contributed by atoms with Crippen molar-refractivity contribution in [2.75, 3.05) is 13.7 Å². The van der Waals surface area contributed by atoms with Gasteiger partial charge in [-0.2, -0.15) is 0 Å². The maximum absolute atomic E-state index is 11.8. The topological polar surface area (TPSA) is 67.8 Å². The van der Waals surface area contributed by atoms with Crippen molar-refractivity contribution in [2.24, 2.45) is 0 Å². The molecule has 1 atom stereocenters. The standard InChI is InChI=1S/C18H21NO4/c1-13(20)11-19-18(21)15-5-9-17(10-6-15)23-12-14-3-7-16(22-2)8-4-14/h3-10,13,20H,11-12H2,1-2H3,(H,19,21). The van der Waals surface area contributed by atoms with Gasteiger partial charge < -0.3 is 19.9 Å². The van der Waals surface area contributed by atoms with Crippen molar-refractivity contribution >= 4 is 5.91 Å². The summed E-state index contributed by atoms with van der Waals surface area (Å²) < 4.78 is 10.8. The third-order valence-electron chi connectivity index (χ3n) is 3.24. The summed E-state index contributed by atoms with van der Waals surface area (Å²) >= 11 is 0. The maximum atomic E-state index is 11.8. The summed E-state index contributed by atoms with van der Waals surface area (Å²) in [5.74, 6) is 1.28. The normalized spacial score (nSPS) is 11.6. The van der Waals surface area contributed by atoms with Crippen LogP contribution in [0.3, 0.4) is 0 Å². The average Bonchev–Trinajstić information content (AvgIpc) is 2.58. The highest BCUT2D eigenvalue weighted by atomic mass is 16.5. The Morgan fingerprint density at radius 2 is 1.70 bits per heavy atom. The summed E-state index contributed by atoms with van der Waals surface area (Å²) in [6.07, 6.45) is -0.564. The Morgan fingerprint density at radius 3 is 2.26 bits per heavy atom. The van der Waals surface area contributed by atoms with Gasteiger partial charge in [-0.1, -0.05) is 12.1 Å². The Kier molecular flexibility index (Phi) is 6.00. The zero-order valence-electron chi connectivity index (χ0n) is 13.3. The van der Waals surface area contributed by atoms with Crippen LogP contribution in [-0.2, 0) is 6.61 Å². The second kappa shape index (κ2) is 8.19. The molecule has 0 aliphatic rings. The van der Waals surface area contributed by atoms with Gasteiger partial charge in [-0.05, 0) is 48.9 Å². The van der Waals surface area contributed by atoms with Crippen molar-refractivity contribution in [3.8, 4) is 11.5 Å². The number of aliphatic hydroxyl groups is 1. The molecule has 2 rings (SSSR count). The van der Waals surface area contributed by atoms with Crippen molar-refractivity contribution in [2.45, 2.75) is 19.6 Å². The molecule has 0 bridgehead atoms. The molecular formula is C18H21NO4. The number of hydrogen-bond acceptors (Lipinski definition) is 4. The number of ether oxygens (including phenoxy) is 2. The number of rotatable bonds is 7. The lowest BCUT2D eigenvalue weighted by Gasteiger charge is -2.09. The van der Waals surface area contributed by atoms with Crippen molar-refractivity contribution in [3.63, 3.8) is 0 Å². The highest BCUT2D eigenvalue weighted by Gasteiger charge is 2.06. The van der Waals surface area contributed by atoms with E-state index in [1.54, 1.807) is 38.3 Å². The van der Waals surface area contributed by atoms with Crippen LogP contribution in [0.1, 0.15) is 22.8 Å². The number of amides is 1. The zero-order chi connectivity index (χ0) is 16.7. The smallest absolute Gasteiger partial charge is 0.251 e. The Hall–Kier alpha value is -2.53. The van der Waals surface area contributed by atoms with Crippen molar-refractivity contribution < 1.29 is 19.4 Å². The first-order valence-electron chi connectivity index (χ1n) is 7.40. The van der Waals surface area contributed by atoms with Crippen LogP contribution in [0.5, 0.6) is 11.5 Å². The molecule has 1 unspecified atom stereocenters. The number of hydrogen-bond donors (Lipinski definition) is 2. The van der Waals surface area contributed by atoms with Crippen LogP contribution in [-0.4, -0.2) is 30.8 Å². The highest BCUT2D eigenvalue weighted by Crippen LogP contribution is 2.16. The number of aliphatic hydroxyl groups excluding tert-OH is 1. The minimum absolute atomic E-state index is 0.215. The van der Waals surface area contributed by atoms with E-state index in [0.717, 1.165) is 11.3 Å². The lowest BCUT2D eigenvalue weighted by atomic mass is 10.2. The van der Waals surface area contributed by atoms with Crippen LogP contribution in [0.2, 0.25) is 0 Å². The molecule has 0 aliphatic heterocycles. The van der Waals surface area contributed by atoms with E-state index in [1.165, 1.54) is 0 Å². The van der Waals surface area contributed by atoms with Crippen molar-refractivity contribution in [1.29, 1.82) is 0 Å². The maximum Gasteiger partial charge on any atom is 0.251 e. The van der Waals surface area contributed by atoms with Gasteiger partial charge in [0.05, 0.1) is 13.2 Å². The van der Waals surface area contributed by atoms with Crippen LogP contribution < -0.4 is 14.8 Å². The Balaban J connectivity index is 1.87. The first-order valence-corrected chi connectivity index (χ1v) is 7.40. The van der Waals surface area contributed by atoms with Gasteiger partial charge >= 0.3 is 0 Å². The van der Waals surface area contributed by atoms with Gasteiger partial charge in [0, 0.05) is 12.1 Å². The molecular weight excluding hydrogens is 294 g/mol. The van der Waals surface area contributed by atoms with E-state index in [4.69, 9.17) is 14.6 Å². The van der Waals surface area contributed by atoms with Gasteiger partial charge in [0.2, 0.25) is 0 Å². The van der Waals surface area contributed by atoms with Crippen LogP contribution in [0.15, 0.2) is 48.5 Å². The number of nitrogens with one attached hydrogen (secondary N) is 1. The molecule has 122 valence electrons. The first-order chi connectivity index (χ1) is 11.1. The van der Waals surface area contributed by atoms with Gasteiger partial charge in [0.25, 0.3) is 5.91 Å². The van der Waals surface area contributed by atoms with Gasteiger partial charge in [-0.3, -0.25) is 4.79 Å². The van der Waals surface area contributed by atoms with Crippen LogP contribution in [0, 0.1) is 0 Å². The van der Waals surface area contributed by atoms with Crippen LogP contribution >= 0.6 is 0 Å². The lowest BCUT2D eigenvalue weighted by molar-refractivity contribution is 0.0924. The monoisotopic (exact) mass is 315 g/mol. The number of carbonyl (C=O) groups excluding carboxylic acids is 1. The fraction of sp³-hybridized carbons (Fsp3) is 0.278. The van der Waals surface area contributed by atoms with Crippen molar-refractivity contribution in [3.05, 3.63) is 59.7 Å². The van der Waals surface area contributed by atoms with Crippen LogP contribution in [0.25, 0.3) is 0 Å². The van der Waals surface area contributed by atoms with E-state index >= 15 is 0 Å². The van der Waals surface area contributed by atoms with Crippen LogP contribution in [0.4, 0.5) is 0 Å². The lowest BCUT2D eigenvalue weighted by Crippen LogP contribution is -2.30. The quantitative estimate of drug-likeness (QED) is 0.823. The molecule has 0 heterocycles. The molecule has 5 heteroatoms. The summed E-state index contributed by atoms with van der Waals surface area (Å²) in [7, 11) is 1.63. The number of carbonyl (C=O) groups is 1. The molecule has 0 saturated heterocycles. The fourth-order valence-corrected chi connectivity index (χ4v) is 1.93. The Bertz CT molecular complexity index is 620. The molecule has 2 aromatic rings. The van der Waals surface area contributed by atoms with Crippen molar-refractivity contribution in [1.82, 2.24) is 5.32 Å². The molecule has 0 fully saturated rings. The van der Waals surface area contributed by atoms with Gasteiger partial charge in [-0.25, -0.2) is 0 Å². The molecule has 2 aromatic carbocycles. The predicted octanol–water partition coefficient (Wildman–Crippen LogP) is 2.38. The van der Waals surface area contributed by atoms with Gasteiger partial charge in [-0.15, -0.1) is 0 Å². The molecule has 2 N–H and O–H groups in total. The third kappa shape index (κ3) is 5.30. The minimum Gasteiger partial charge on any atom is -0.497 e. The summed E-state index contributed by atoms with van der Waals surface area (Å²) in [6.45, 7) is 2.29. The van der Waals surface area contributed by atoms with E-state index in [9.17, 15) is 4.79 Å². The molecule has 5 nitrogen and oxygen atoms in total. The SMILES string of the molecule is COc1ccc(COc2ccc(C(=O)NCC(C)O)cc2)cc1.